The molecule has 1 saturated heterocycles. The van der Waals surface area contributed by atoms with Crippen LogP contribution in [0.5, 0.6) is 0 Å². The molecule has 2 unspecified atom stereocenters. The summed E-state index contributed by atoms with van der Waals surface area (Å²) in [5.41, 5.74) is 6.94. The van der Waals surface area contributed by atoms with E-state index in [1.54, 1.807) is 6.07 Å². The first kappa shape index (κ1) is 19.9. The monoisotopic (exact) mass is 408 g/mol. The summed E-state index contributed by atoms with van der Waals surface area (Å²) in [4.78, 5) is 17.8. The molecule has 2 aromatic rings. The maximum atomic E-state index is 12.8. The molecule has 1 aromatic carbocycles. The van der Waals surface area contributed by atoms with Gasteiger partial charge in [-0.15, -0.1) is 0 Å². The third-order valence-corrected chi connectivity index (χ3v) is 5.99. The van der Waals surface area contributed by atoms with E-state index < -0.39 is 18.0 Å². The number of hydrogen-bond donors (Lipinski definition) is 1. The molecule has 0 radical (unpaired) electrons. The van der Waals surface area contributed by atoms with Crippen LogP contribution in [0.15, 0.2) is 22.7 Å². The Morgan fingerprint density at radius 1 is 1.31 bits per heavy atom. The van der Waals surface area contributed by atoms with E-state index in [4.69, 9.17) is 5.73 Å². The molecule has 9 heteroatoms. The highest BCUT2D eigenvalue weighted by atomic mass is 19.4. The highest BCUT2D eigenvalue weighted by Crippen LogP contribution is 2.37. The van der Waals surface area contributed by atoms with Gasteiger partial charge in [0.1, 0.15) is 0 Å². The summed E-state index contributed by atoms with van der Waals surface area (Å²) in [6.45, 7) is 4.86. The summed E-state index contributed by atoms with van der Waals surface area (Å²) in [7, 11) is 0. The van der Waals surface area contributed by atoms with Gasteiger partial charge in [-0.1, -0.05) is 18.1 Å². The van der Waals surface area contributed by atoms with E-state index in [9.17, 15) is 18.0 Å². The molecule has 1 aliphatic carbocycles. The second-order valence-corrected chi connectivity index (χ2v) is 8.25. The molecular weight excluding hydrogens is 385 g/mol. The zero-order valence-corrected chi connectivity index (χ0v) is 16.1. The topological polar surface area (TPSA) is 85.2 Å². The highest BCUT2D eigenvalue weighted by molar-refractivity contribution is 5.95. The van der Waals surface area contributed by atoms with E-state index in [0.29, 0.717) is 16.7 Å². The van der Waals surface area contributed by atoms with Crippen molar-refractivity contribution in [2.24, 2.45) is 17.6 Å². The molecule has 3 atom stereocenters. The van der Waals surface area contributed by atoms with Gasteiger partial charge in [-0.25, -0.2) is 0 Å². The van der Waals surface area contributed by atoms with E-state index >= 15 is 0 Å². The average molecular weight is 408 g/mol. The van der Waals surface area contributed by atoms with Crippen molar-refractivity contribution in [3.63, 3.8) is 0 Å². The van der Waals surface area contributed by atoms with Gasteiger partial charge in [0.05, 0.1) is 0 Å². The fraction of sp³-hybridized carbons (Fsp3) is 0.550. The Bertz CT molecular complexity index is 899. The number of fused-ring (bicyclic) bond motifs is 2. The van der Waals surface area contributed by atoms with Gasteiger partial charge >= 0.3 is 12.1 Å². The Balaban J connectivity index is 1.59. The van der Waals surface area contributed by atoms with Crippen molar-refractivity contribution in [3.8, 4) is 11.4 Å². The van der Waals surface area contributed by atoms with Crippen LogP contribution >= 0.6 is 0 Å². The van der Waals surface area contributed by atoms with Crippen molar-refractivity contribution >= 4 is 5.91 Å². The van der Waals surface area contributed by atoms with Crippen LogP contribution < -0.4 is 5.73 Å². The smallest absolute Gasteiger partial charge is 0.366 e. The van der Waals surface area contributed by atoms with Crippen molar-refractivity contribution in [2.75, 3.05) is 19.6 Å². The zero-order valence-electron chi connectivity index (χ0n) is 16.1. The quantitative estimate of drug-likeness (QED) is 0.816. The van der Waals surface area contributed by atoms with Crippen LogP contribution in [-0.2, 0) is 6.18 Å². The summed E-state index contributed by atoms with van der Waals surface area (Å²) in [6, 6.07) is 4.66. The number of carbonyl (C=O) groups is 1. The summed E-state index contributed by atoms with van der Waals surface area (Å²) < 4.78 is 42.6. The maximum Gasteiger partial charge on any atom is 0.471 e. The number of nitrogens with zero attached hydrogens (tertiary/aromatic N) is 3. The van der Waals surface area contributed by atoms with Gasteiger partial charge < -0.3 is 15.2 Å². The number of halogens is 3. The number of rotatable bonds is 5. The summed E-state index contributed by atoms with van der Waals surface area (Å²) in [6.07, 6.45) is -0.859. The Labute approximate surface area is 166 Å². The Morgan fingerprint density at radius 2 is 2.00 bits per heavy atom. The molecule has 6 nitrogen and oxygen atoms in total. The molecule has 2 N–H and O–H groups in total. The molecule has 4 rings (SSSR count). The third kappa shape index (κ3) is 4.14. The summed E-state index contributed by atoms with van der Waals surface area (Å²) in [5.74, 6) is -0.682. The lowest BCUT2D eigenvalue weighted by molar-refractivity contribution is -0.159. The van der Waals surface area contributed by atoms with E-state index in [-0.39, 0.29) is 11.7 Å². The van der Waals surface area contributed by atoms with E-state index in [1.165, 1.54) is 31.4 Å². The Morgan fingerprint density at radius 3 is 2.59 bits per heavy atom. The molecule has 2 heterocycles. The number of piperidine rings is 1. The molecule has 2 bridgehead atoms. The number of amides is 1. The molecule has 1 saturated carbocycles. The predicted octanol–water partition coefficient (Wildman–Crippen LogP) is 3.69. The number of alkyl halides is 3. The van der Waals surface area contributed by atoms with E-state index in [2.05, 4.69) is 19.6 Å². The fourth-order valence-corrected chi connectivity index (χ4v) is 4.74. The number of aromatic nitrogens is 2. The van der Waals surface area contributed by atoms with Gasteiger partial charge in [0.2, 0.25) is 11.7 Å². The van der Waals surface area contributed by atoms with Crippen LogP contribution in [0.3, 0.4) is 0 Å². The van der Waals surface area contributed by atoms with Gasteiger partial charge in [0.25, 0.3) is 0 Å². The molecule has 2 aliphatic rings. The van der Waals surface area contributed by atoms with Crippen LogP contribution in [0, 0.1) is 11.8 Å². The van der Waals surface area contributed by atoms with Crippen LogP contribution in [0.1, 0.15) is 53.9 Å². The molecular formula is C20H23F3N4O2. The number of nitrogens with two attached hydrogens (primary N) is 1. The van der Waals surface area contributed by atoms with Crippen LogP contribution in [-0.4, -0.2) is 40.6 Å². The lowest BCUT2D eigenvalue weighted by Gasteiger charge is -2.34. The van der Waals surface area contributed by atoms with Crippen LogP contribution in [0.25, 0.3) is 11.4 Å². The fourth-order valence-electron chi connectivity index (χ4n) is 4.74. The van der Waals surface area contributed by atoms with Gasteiger partial charge in [0.15, 0.2) is 0 Å². The number of likely N-dealkylation sites (tertiary alicyclic amines) is 1. The molecule has 156 valence electrons. The first-order valence-electron chi connectivity index (χ1n) is 9.78. The lowest BCUT2D eigenvalue weighted by Crippen LogP contribution is -2.38. The lowest BCUT2D eigenvalue weighted by atomic mass is 9.91. The number of carbonyl (C=O) groups excluding carboxylic acids is 1. The standard InChI is InChI=1S/C20H23F3N4O2/c1-11(8-27-9-12-2-3-13(6-12)10-27)16-7-14(4-5-15(16)17(24)28)18-25-19(29-26-18)20(21,22)23/h4-5,7,11-13H,2-3,6,8-10H2,1H3,(H2,24,28)/t11-,12?,13?/m0/s1. The average Bonchev–Trinajstić information content (AvgIpc) is 3.28. The van der Waals surface area contributed by atoms with E-state index in [1.807, 2.05) is 6.92 Å². The highest BCUT2D eigenvalue weighted by Gasteiger charge is 2.38. The number of benzene rings is 1. The second-order valence-electron chi connectivity index (χ2n) is 8.25. The van der Waals surface area contributed by atoms with Gasteiger partial charge in [-0.05, 0) is 54.7 Å². The Hall–Kier alpha value is -2.42. The van der Waals surface area contributed by atoms with Crippen molar-refractivity contribution in [2.45, 2.75) is 38.3 Å². The zero-order chi connectivity index (χ0) is 20.8. The normalized spacial score (nSPS) is 23.3. The van der Waals surface area contributed by atoms with Crippen molar-refractivity contribution in [1.82, 2.24) is 15.0 Å². The minimum atomic E-state index is -4.71. The van der Waals surface area contributed by atoms with Gasteiger partial charge in [0, 0.05) is 30.8 Å². The molecule has 2 fully saturated rings. The summed E-state index contributed by atoms with van der Waals surface area (Å²) >= 11 is 0. The predicted molar refractivity (Wildman–Crippen MR) is 98.9 cm³/mol. The minimum absolute atomic E-state index is 0.0241. The second kappa shape index (κ2) is 7.44. The van der Waals surface area contributed by atoms with Crippen LogP contribution in [0.2, 0.25) is 0 Å². The van der Waals surface area contributed by atoms with Gasteiger partial charge in [-0.2, -0.15) is 18.2 Å². The first-order chi connectivity index (χ1) is 13.7. The minimum Gasteiger partial charge on any atom is -0.366 e. The van der Waals surface area contributed by atoms with Gasteiger partial charge in [-0.3, -0.25) is 4.79 Å². The van der Waals surface area contributed by atoms with Crippen molar-refractivity contribution < 1.29 is 22.5 Å². The first-order valence-corrected chi connectivity index (χ1v) is 9.78. The van der Waals surface area contributed by atoms with Crippen molar-refractivity contribution in [1.29, 1.82) is 0 Å². The molecule has 29 heavy (non-hydrogen) atoms. The largest absolute Gasteiger partial charge is 0.471 e. The third-order valence-electron chi connectivity index (χ3n) is 5.99. The SMILES string of the molecule is C[C@@H](CN1CC2CCC(C2)C1)c1cc(-c2noc(C(F)(F)F)n2)ccc1C(N)=O. The number of hydrogen-bond acceptors (Lipinski definition) is 5. The van der Waals surface area contributed by atoms with Crippen LogP contribution in [0.4, 0.5) is 13.2 Å². The van der Waals surface area contributed by atoms with Crippen molar-refractivity contribution in [3.05, 3.63) is 35.2 Å². The molecule has 1 amide bonds. The van der Waals surface area contributed by atoms with E-state index in [0.717, 1.165) is 31.5 Å². The molecule has 1 aromatic heterocycles. The molecule has 1 aliphatic heterocycles. The Kier molecular flexibility index (Phi) is 5.10. The maximum absolute atomic E-state index is 12.8. The number of primary amides is 1. The molecule has 0 spiro atoms. The summed E-state index contributed by atoms with van der Waals surface area (Å²) in [5, 5.41) is 3.44.